The third-order valence-corrected chi connectivity index (χ3v) is 3.40. The number of nitrogens with zero attached hydrogens (tertiary/aromatic N) is 3. The van der Waals surface area contributed by atoms with Gasteiger partial charge in [-0.2, -0.15) is 0 Å². The Kier molecular flexibility index (Phi) is 4.88. The van der Waals surface area contributed by atoms with Crippen LogP contribution >= 0.6 is 0 Å². The van der Waals surface area contributed by atoms with Gasteiger partial charge >= 0.3 is 6.09 Å². The van der Waals surface area contributed by atoms with Crippen LogP contribution in [0.5, 0.6) is 0 Å². The van der Waals surface area contributed by atoms with Crippen molar-refractivity contribution in [2.75, 3.05) is 24.8 Å². The number of hydrogen-bond donors (Lipinski definition) is 0. The van der Waals surface area contributed by atoms with E-state index in [1.165, 1.54) is 0 Å². The molecule has 0 radical (unpaired) electrons. The highest BCUT2D eigenvalue weighted by Gasteiger charge is 2.27. The van der Waals surface area contributed by atoms with Crippen LogP contribution in [0.4, 0.5) is 4.79 Å². The van der Waals surface area contributed by atoms with Gasteiger partial charge in [0.05, 0.1) is 0 Å². The Balaban J connectivity index is 2.18. The van der Waals surface area contributed by atoms with Crippen LogP contribution in [0.15, 0.2) is 12.4 Å². The third kappa shape index (κ3) is 3.97. The largest absolute Gasteiger partial charge is 0.442 e. The fourth-order valence-corrected chi connectivity index (χ4v) is 2.44. The van der Waals surface area contributed by atoms with Crippen molar-refractivity contribution in [2.45, 2.75) is 52.1 Å². The zero-order valence-electron chi connectivity index (χ0n) is 13.3. The number of carbonyl (C=O) groups excluding carboxylic acids is 1. The number of imidazole rings is 1. The highest BCUT2D eigenvalue weighted by molar-refractivity contribution is 5.78. The highest BCUT2D eigenvalue weighted by atomic mass is 16.6. The predicted octanol–water partition coefficient (Wildman–Crippen LogP) is 2.67. The SMILES string of the molecule is CCN(C(=O)OC(C)(C)C)n1ccnc1C1CCOCC1. The minimum atomic E-state index is -0.510. The van der Waals surface area contributed by atoms with Crippen molar-refractivity contribution in [3.8, 4) is 0 Å². The Morgan fingerprint density at radius 2 is 2.14 bits per heavy atom. The van der Waals surface area contributed by atoms with Crippen LogP contribution in [0.25, 0.3) is 0 Å². The molecule has 0 bridgehead atoms. The Labute approximate surface area is 126 Å². The molecule has 1 aromatic rings. The molecule has 0 aromatic carbocycles. The van der Waals surface area contributed by atoms with E-state index in [0.29, 0.717) is 12.5 Å². The van der Waals surface area contributed by atoms with E-state index in [2.05, 4.69) is 4.98 Å². The standard InChI is InChI=1S/C15H25N3O3/c1-5-17(14(19)21-15(2,3)4)18-9-8-16-13(18)12-6-10-20-11-7-12/h8-9,12H,5-7,10-11H2,1-4H3. The van der Waals surface area contributed by atoms with Crippen molar-refractivity contribution in [2.24, 2.45) is 0 Å². The highest BCUT2D eigenvalue weighted by Crippen LogP contribution is 2.26. The van der Waals surface area contributed by atoms with Crippen molar-refractivity contribution in [1.29, 1.82) is 0 Å². The second-order valence-corrected chi connectivity index (χ2v) is 6.21. The summed E-state index contributed by atoms with van der Waals surface area (Å²) in [6, 6.07) is 0. The molecule has 0 saturated carbocycles. The lowest BCUT2D eigenvalue weighted by Crippen LogP contribution is -2.44. The number of ether oxygens (including phenoxy) is 2. The molecular formula is C15H25N3O3. The molecule has 1 fully saturated rings. The molecule has 0 atom stereocenters. The molecule has 0 aliphatic carbocycles. The second kappa shape index (κ2) is 6.47. The maximum absolute atomic E-state index is 12.4. The lowest BCUT2D eigenvalue weighted by Gasteiger charge is -2.30. The third-order valence-electron chi connectivity index (χ3n) is 3.40. The van der Waals surface area contributed by atoms with Gasteiger partial charge in [-0.15, -0.1) is 0 Å². The average Bonchev–Trinajstić information content (AvgIpc) is 2.87. The van der Waals surface area contributed by atoms with Gasteiger partial charge in [-0.25, -0.2) is 19.5 Å². The van der Waals surface area contributed by atoms with Crippen molar-refractivity contribution in [3.63, 3.8) is 0 Å². The molecule has 1 aliphatic rings. The molecule has 0 spiro atoms. The average molecular weight is 295 g/mol. The molecule has 118 valence electrons. The fraction of sp³-hybridized carbons (Fsp3) is 0.733. The van der Waals surface area contributed by atoms with Gasteiger partial charge in [0.15, 0.2) is 0 Å². The summed E-state index contributed by atoms with van der Waals surface area (Å²) >= 11 is 0. The van der Waals surface area contributed by atoms with Crippen molar-refractivity contribution < 1.29 is 14.3 Å². The smallest absolute Gasteiger partial charge is 0.429 e. The van der Waals surface area contributed by atoms with Crippen molar-refractivity contribution in [3.05, 3.63) is 18.2 Å². The van der Waals surface area contributed by atoms with Crippen molar-refractivity contribution >= 4 is 6.09 Å². The molecular weight excluding hydrogens is 270 g/mol. The molecule has 1 aliphatic heterocycles. The van der Waals surface area contributed by atoms with E-state index in [0.717, 1.165) is 31.9 Å². The second-order valence-electron chi connectivity index (χ2n) is 6.21. The van der Waals surface area contributed by atoms with Gasteiger partial charge in [-0.1, -0.05) is 0 Å². The Morgan fingerprint density at radius 3 is 2.71 bits per heavy atom. The van der Waals surface area contributed by atoms with Crippen LogP contribution in [0, 0.1) is 0 Å². The van der Waals surface area contributed by atoms with Gasteiger partial charge in [0.25, 0.3) is 0 Å². The quantitative estimate of drug-likeness (QED) is 0.860. The first kappa shape index (κ1) is 15.8. The topological polar surface area (TPSA) is 56.6 Å². The summed E-state index contributed by atoms with van der Waals surface area (Å²) in [5.41, 5.74) is -0.510. The maximum atomic E-state index is 12.4. The van der Waals surface area contributed by atoms with Crippen molar-refractivity contribution in [1.82, 2.24) is 9.66 Å². The summed E-state index contributed by atoms with van der Waals surface area (Å²) in [6.07, 6.45) is 5.07. The number of carbonyl (C=O) groups is 1. The molecule has 6 heteroatoms. The molecule has 21 heavy (non-hydrogen) atoms. The zero-order chi connectivity index (χ0) is 15.5. The molecule has 6 nitrogen and oxygen atoms in total. The molecule has 2 rings (SSSR count). The van der Waals surface area contributed by atoms with Gasteiger partial charge in [0, 0.05) is 38.1 Å². The monoisotopic (exact) mass is 295 g/mol. The van der Waals surface area contributed by atoms with Gasteiger partial charge in [0.2, 0.25) is 0 Å². The minimum absolute atomic E-state index is 0.324. The van der Waals surface area contributed by atoms with E-state index >= 15 is 0 Å². The summed E-state index contributed by atoms with van der Waals surface area (Å²) < 4.78 is 12.7. The first-order chi connectivity index (χ1) is 9.92. The summed E-state index contributed by atoms with van der Waals surface area (Å²) in [7, 11) is 0. The molecule has 1 saturated heterocycles. The first-order valence-corrected chi connectivity index (χ1v) is 7.54. The number of aromatic nitrogens is 2. The van der Waals surface area contributed by atoms with Crippen LogP contribution in [0.3, 0.4) is 0 Å². The summed E-state index contributed by atoms with van der Waals surface area (Å²) in [6.45, 7) is 9.55. The van der Waals surface area contributed by atoms with E-state index < -0.39 is 5.60 Å². The van der Waals surface area contributed by atoms with E-state index in [1.54, 1.807) is 11.2 Å². The Bertz CT molecular complexity index is 473. The lowest BCUT2D eigenvalue weighted by molar-refractivity contribution is 0.0533. The Morgan fingerprint density at radius 1 is 1.48 bits per heavy atom. The van der Waals surface area contributed by atoms with E-state index in [-0.39, 0.29) is 6.09 Å². The van der Waals surface area contributed by atoms with Crippen LogP contribution in [0.2, 0.25) is 0 Å². The maximum Gasteiger partial charge on any atom is 0.429 e. The number of rotatable bonds is 3. The lowest BCUT2D eigenvalue weighted by atomic mass is 10.00. The first-order valence-electron chi connectivity index (χ1n) is 7.54. The normalized spacial score (nSPS) is 16.8. The Hall–Kier alpha value is -1.56. The predicted molar refractivity (Wildman–Crippen MR) is 80.0 cm³/mol. The van der Waals surface area contributed by atoms with Crippen LogP contribution in [-0.4, -0.2) is 41.1 Å². The number of amides is 1. The van der Waals surface area contributed by atoms with Gasteiger partial charge in [-0.3, -0.25) is 0 Å². The molecule has 1 aromatic heterocycles. The fourth-order valence-electron chi connectivity index (χ4n) is 2.44. The van der Waals surface area contributed by atoms with Crippen LogP contribution in [-0.2, 0) is 9.47 Å². The van der Waals surface area contributed by atoms with Crippen LogP contribution < -0.4 is 5.01 Å². The molecule has 1 amide bonds. The minimum Gasteiger partial charge on any atom is -0.442 e. The molecule has 2 heterocycles. The number of hydrogen-bond acceptors (Lipinski definition) is 4. The molecule has 0 N–H and O–H groups in total. The van der Waals surface area contributed by atoms with Gasteiger partial charge in [-0.05, 0) is 40.5 Å². The van der Waals surface area contributed by atoms with Gasteiger partial charge < -0.3 is 9.47 Å². The summed E-state index contributed by atoms with van der Waals surface area (Å²) in [4.78, 5) is 16.8. The van der Waals surface area contributed by atoms with E-state index in [4.69, 9.17) is 9.47 Å². The van der Waals surface area contributed by atoms with Gasteiger partial charge in [0.1, 0.15) is 11.4 Å². The molecule has 0 unspecified atom stereocenters. The van der Waals surface area contributed by atoms with E-state index in [1.807, 2.05) is 38.6 Å². The zero-order valence-corrected chi connectivity index (χ0v) is 13.3. The summed E-state index contributed by atoms with van der Waals surface area (Å²) in [5, 5.41) is 1.59. The van der Waals surface area contributed by atoms with E-state index in [9.17, 15) is 4.79 Å². The van der Waals surface area contributed by atoms with Crippen LogP contribution in [0.1, 0.15) is 52.3 Å². The summed E-state index contributed by atoms with van der Waals surface area (Å²) in [5.74, 6) is 1.23.